The van der Waals surface area contributed by atoms with E-state index in [1.54, 1.807) is 0 Å². The van der Waals surface area contributed by atoms with Crippen LogP contribution in [0.2, 0.25) is 19.6 Å². The third-order valence-corrected chi connectivity index (χ3v) is 2.28. The van der Waals surface area contributed by atoms with E-state index in [9.17, 15) is 4.79 Å². The lowest BCUT2D eigenvalue weighted by Gasteiger charge is -2.16. The summed E-state index contributed by atoms with van der Waals surface area (Å²) >= 11 is 0. The Morgan fingerprint density at radius 1 is 1.23 bits per heavy atom. The van der Waals surface area contributed by atoms with Crippen LogP contribution in [0.1, 0.15) is 0 Å². The Bertz CT molecular complexity index is 153. The molecule has 0 spiro atoms. The highest BCUT2D eigenvalue weighted by atomic mass is 28.4. The van der Waals surface area contributed by atoms with E-state index in [2.05, 4.69) is 24.4 Å². The Morgan fingerprint density at radius 3 is 2.31 bits per heavy atom. The van der Waals surface area contributed by atoms with E-state index >= 15 is 0 Å². The summed E-state index contributed by atoms with van der Waals surface area (Å²) in [6.07, 6.45) is 0. The normalized spacial score (nSPS) is 11.4. The number of esters is 1. The highest BCUT2D eigenvalue weighted by Gasteiger charge is 2.13. The van der Waals surface area contributed by atoms with Crippen molar-refractivity contribution < 1.29 is 18.7 Å². The Kier molecular flexibility index (Phi) is 5.94. The molecule has 0 unspecified atom stereocenters. The van der Waals surface area contributed by atoms with Gasteiger partial charge in [-0.15, -0.1) is 0 Å². The Balaban J connectivity index is 3.22. The van der Waals surface area contributed by atoms with Crippen LogP contribution >= 0.6 is 0 Å². The van der Waals surface area contributed by atoms with Gasteiger partial charge in [0.2, 0.25) is 0 Å². The smallest absolute Gasteiger partial charge is 0.331 e. The molecule has 0 aliphatic rings. The number of hydrogen-bond donors (Lipinski definition) is 0. The number of hydrogen-bond acceptors (Lipinski definition) is 4. The molecule has 0 bridgehead atoms. The first-order valence-electron chi connectivity index (χ1n) is 4.24. The zero-order valence-corrected chi connectivity index (χ0v) is 9.75. The lowest BCUT2D eigenvalue weighted by molar-refractivity contribution is -0.146. The number of methoxy groups -OCH3 is 1. The Hall–Kier alpha value is -0.393. The van der Waals surface area contributed by atoms with Crippen molar-refractivity contribution in [1.29, 1.82) is 0 Å². The molecule has 0 aromatic rings. The summed E-state index contributed by atoms with van der Waals surface area (Å²) in [4.78, 5) is 10.6. The van der Waals surface area contributed by atoms with Crippen molar-refractivity contribution in [3.05, 3.63) is 0 Å². The topological polar surface area (TPSA) is 44.8 Å². The van der Waals surface area contributed by atoms with Gasteiger partial charge in [0.05, 0.1) is 20.3 Å². The van der Waals surface area contributed by atoms with Crippen LogP contribution in [0, 0.1) is 0 Å². The summed E-state index contributed by atoms with van der Waals surface area (Å²) in [7, 11) is -0.101. The molecule has 5 heteroatoms. The molecule has 0 saturated carbocycles. The molecular formula is C8H18O4Si. The van der Waals surface area contributed by atoms with Crippen LogP contribution in [0.5, 0.6) is 0 Å². The highest BCUT2D eigenvalue weighted by Crippen LogP contribution is 2.01. The van der Waals surface area contributed by atoms with Crippen LogP contribution in [0.25, 0.3) is 0 Å². The first kappa shape index (κ1) is 12.6. The molecule has 0 rings (SSSR count). The molecule has 0 aromatic heterocycles. The molecule has 78 valence electrons. The minimum absolute atomic E-state index is 0.00551. The summed E-state index contributed by atoms with van der Waals surface area (Å²) in [6, 6.07) is 0. The van der Waals surface area contributed by atoms with Crippen LogP contribution in [0.3, 0.4) is 0 Å². The fourth-order valence-electron chi connectivity index (χ4n) is 0.621. The lowest BCUT2D eigenvalue weighted by atomic mass is 10.7. The van der Waals surface area contributed by atoms with Gasteiger partial charge in [-0.1, -0.05) is 0 Å². The van der Waals surface area contributed by atoms with E-state index in [4.69, 9.17) is 9.16 Å². The van der Waals surface area contributed by atoms with Crippen molar-refractivity contribution in [3.63, 3.8) is 0 Å². The van der Waals surface area contributed by atoms with Crippen molar-refractivity contribution in [2.45, 2.75) is 19.6 Å². The molecule has 0 amide bonds. The van der Waals surface area contributed by atoms with Gasteiger partial charge < -0.3 is 13.9 Å². The average molecular weight is 206 g/mol. The van der Waals surface area contributed by atoms with E-state index in [1.807, 2.05) is 0 Å². The molecular weight excluding hydrogens is 188 g/mol. The van der Waals surface area contributed by atoms with Gasteiger partial charge in [0.1, 0.15) is 6.61 Å². The summed E-state index contributed by atoms with van der Waals surface area (Å²) < 4.78 is 14.9. The molecule has 0 saturated heterocycles. The summed E-state index contributed by atoms with van der Waals surface area (Å²) in [5.74, 6) is -0.354. The van der Waals surface area contributed by atoms with Gasteiger partial charge in [-0.3, -0.25) is 0 Å². The largest absolute Gasteiger partial charge is 0.467 e. The van der Waals surface area contributed by atoms with Gasteiger partial charge >= 0.3 is 5.97 Å². The summed E-state index contributed by atoms with van der Waals surface area (Å²) in [5.41, 5.74) is 0. The van der Waals surface area contributed by atoms with Gasteiger partial charge in [-0.05, 0) is 19.6 Å². The number of carbonyl (C=O) groups is 1. The van der Waals surface area contributed by atoms with Crippen LogP contribution in [-0.2, 0) is 18.7 Å². The highest BCUT2D eigenvalue weighted by molar-refractivity contribution is 6.69. The van der Waals surface area contributed by atoms with Gasteiger partial charge in [0.25, 0.3) is 0 Å². The molecule has 0 aromatic carbocycles. The maximum atomic E-state index is 10.6. The fraction of sp³-hybridized carbons (Fsp3) is 0.875. The quantitative estimate of drug-likeness (QED) is 0.370. The van der Waals surface area contributed by atoms with Crippen molar-refractivity contribution in [2.24, 2.45) is 0 Å². The maximum Gasteiger partial charge on any atom is 0.331 e. The second-order valence-electron chi connectivity index (χ2n) is 3.59. The predicted molar refractivity (Wildman–Crippen MR) is 52.1 cm³/mol. The minimum atomic E-state index is -1.44. The first-order valence-corrected chi connectivity index (χ1v) is 7.65. The molecule has 0 fully saturated rings. The summed E-state index contributed by atoms with van der Waals surface area (Å²) in [6.45, 7) is 7.31. The second-order valence-corrected chi connectivity index (χ2v) is 8.10. The molecule has 0 heterocycles. The van der Waals surface area contributed by atoms with Crippen LogP contribution in [-0.4, -0.2) is 41.2 Å². The molecule has 0 N–H and O–H groups in total. The van der Waals surface area contributed by atoms with Crippen LogP contribution in [0.15, 0.2) is 0 Å². The third kappa shape index (κ3) is 9.52. The molecule has 0 radical (unpaired) electrons. The van der Waals surface area contributed by atoms with E-state index in [0.29, 0.717) is 13.2 Å². The predicted octanol–water partition coefficient (Wildman–Crippen LogP) is 1.03. The molecule has 0 atom stereocenters. The molecule has 0 aliphatic heterocycles. The van der Waals surface area contributed by atoms with Gasteiger partial charge in [0, 0.05) is 0 Å². The van der Waals surface area contributed by atoms with E-state index < -0.39 is 8.32 Å². The van der Waals surface area contributed by atoms with E-state index in [-0.39, 0.29) is 12.6 Å². The third-order valence-electron chi connectivity index (χ3n) is 1.21. The van der Waals surface area contributed by atoms with Crippen molar-refractivity contribution in [2.75, 3.05) is 26.9 Å². The summed E-state index contributed by atoms with van der Waals surface area (Å²) in [5, 5.41) is 0. The van der Waals surface area contributed by atoms with Crippen molar-refractivity contribution >= 4 is 14.3 Å². The first-order chi connectivity index (χ1) is 5.95. The molecule has 13 heavy (non-hydrogen) atoms. The fourth-order valence-corrected chi connectivity index (χ4v) is 1.32. The van der Waals surface area contributed by atoms with Crippen LogP contribution < -0.4 is 0 Å². The average Bonchev–Trinajstić information content (AvgIpc) is 2.01. The number of rotatable bonds is 6. The van der Waals surface area contributed by atoms with Gasteiger partial charge in [-0.2, -0.15) is 0 Å². The minimum Gasteiger partial charge on any atom is -0.467 e. The zero-order chi connectivity index (χ0) is 10.3. The van der Waals surface area contributed by atoms with E-state index in [0.717, 1.165) is 0 Å². The van der Waals surface area contributed by atoms with E-state index in [1.165, 1.54) is 7.11 Å². The van der Waals surface area contributed by atoms with Crippen molar-refractivity contribution in [1.82, 2.24) is 0 Å². The number of carbonyl (C=O) groups excluding carboxylic acids is 1. The van der Waals surface area contributed by atoms with Crippen LogP contribution in [0.4, 0.5) is 0 Å². The maximum absolute atomic E-state index is 10.6. The SMILES string of the molecule is COC(=O)COCCO[Si](C)(C)C. The van der Waals surface area contributed by atoms with Crippen molar-refractivity contribution in [3.8, 4) is 0 Å². The molecule has 0 aliphatic carbocycles. The Morgan fingerprint density at radius 2 is 1.85 bits per heavy atom. The van der Waals surface area contributed by atoms with Gasteiger partial charge in [0.15, 0.2) is 8.32 Å². The lowest BCUT2D eigenvalue weighted by Crippen LogP contribution is -2.27. The number of ether oxygens (including phenoxy) is 2. The molecule has 4 nitrogen and oxygen atoms in total. The standard InChI is InChI=1S/C8H18O4Si/c1-10-8(9)7-11-5-6-12-13(2,3)4/h5-7H2,1-4H3. The van der Waals surface area contributed by atoms with Gasteiger partial charge in [-0.25, -0.2) is 4.79 Å². The second kappa shape index (κ2) is 6.12. The zero-order valence-electron chi connectivity index (χ0n) is 8.75. The monoisotopic (exact) mass is 206 g/mol. The Labute approximate surface area is 80.3 Å².